The molecular formula is C12H17BrN2O3. The molecule has 0 heterocycles. The fourth-order valence-corrected chi connectivity index (χ4v) is 1.82. The number of hydrogen-bond acceptors (Lipinski definition) is 4. The van der Waals surface area contributed by atoms with Gasteiger partial charge in [0, 0.05) is 12.2 Å². The van der Waals surface area contributed by atoms with Gasteiger partial charge < -0.3 is 20.4 Å². The largest absolute Gasteiger partial charge is 0.487 e. The van der Waals surface area contributed by atoms with Gasteiger partial charge in [-0.05, 0) is 48.0 Å². The molecule has 100 valence electrons. The fraction of sp³-hybridized carbons (Fsp3) is 0.417. The average molecular weight is 317 g/mol. The molecule has 1 aromatic rings. The van der Waals surface area contributed by atoms with Crippen molar-refractivity contribution in [3.63, 3.8) is 0 Å². The lowest BCUT2D eigenvalue weighted by Gasteiger charge is -2.16. The molecule has 0 aliphatic rings. The summed E-state index contributed by atoms with van der Waals surface area (Å²) in [5, 5.41) is 11.5. The molecule has 5 nitrogen and oxygen atoms in total. The van der Waals surface area contributed by atoms with Crippen molar-refractivity contribution in [3.05, 3.63) is 28.2 Å². The first-order chi connectivity index (χ1) is 8.58. The molecule has 1 unspecified atom stereocenters. The number of benzene rings is 1. The molecule has 0 fully saturated rings. The number of hydrogen-bond donors (Lipinski definition) is 2. The van der Waals surface area contributed by atoms with Gasteiger partial charge in [-0.1, -0.05) is 5.16 Å². The standard InChI is InChI=1S/C12H17BrN2O3/c1-3-17-7-8(2)18-11-5-4-9(6-10(11)13)12(14)15-16/h4-6,8,16H,3,7H2,1-2H3,(H2,14,15). The van der Waals surface area contributed by atoms with Crippen molar-refractivity contribution >= 4 is 21.8 Å². The molecule has 18 heavy (non-hydrogen) atoms. The lowest BCUT2D eigenvalue weighted by Crippen LogP contribution is -2.19. The quantitative estimate of drug-likeness (QED) is 0.365. The summed E-state index contributed by atoms with van der Waals surface area (Å²) < 4.78 is 11.7. The molecule has 1 aromatic carbocycles. The highest BCUT2D eigenvalue weighted by atomic mass is 79.9. The van der Waals surface area contributed by atoms with Crippen LogP contribution in [0.15, 0.2) is 27.8 Å². The van der Waals surface area contributed by atoms with Gasteiger partial charge in [0.05, 0.1) is 11.1 Å². The first-order valence-electron chi connectivity index (χ1n) is 5.60. The minimum Gasteiger partial charge on any atom is -0.487 e. The van der Waals surface area contributed by atoms with Gasteiger partial charge >= 0.3 is 0 Å². The van der Waals surface area contributed by atoms with Crippen LogP contribution >= 0.6 is 15.9 Å². The third kappa shape index (κ3) is 4.19. The zero-order valence-electron chi connectivity index (χ0n) is 10.4. The zero-order chi connectivity index (χ0) is 13.5. The Labute approximate surface area is 115 Å². The van der Waals surface area contributed by atoms with E-state index in [1.54, 1.807) is 18.2 Å². The second-order valence-corrected chi connectivity index (χ2v) is 4.57. The van der Waals surface area contributed by atoms with Crippen molar-refractivity contribution in [2.45, 2.75) is 20.0 Å². The maximum Gasteiger partial charge on any atom is 0.170 e. The topological polar surface area (TPSA) is 77.1 Å². The minimum absolute atomic E-state index is 0.0454. The maximum atomic E-state index is 8.59. The van der Waals surface area contributed by atoms with Gasteiger partial charge in [-0.3, -0.25) is 0 Å². The number of ether oxygens (including phenoxy) is 2. The van der Waals surface area contributed by atoms with Gasteiger partial charge in [0.1, 0.15) is 11.9 Å². The molecule has 1 atom stereocenters. The molecule has 6 heteroatoms. The van der Waals surface area contributed by atoms with Crippen molar-refractivity contribution in [1.29, 1.82) is 0 Å². The summed E-state index contributed by atoms with van der Waals surface area (Å²) in [7, 11) is 0. The molecule has 0 saturated heterocycles. The van der Waals surface area contributed by atoms with Crippen molar-refractivity contribution in [2.75, 3.05) is 13.2 Å². The Kier molecular flexibility index (Phi) is 5.94. The van der Waals surface area contributed by atoms with Crippen molar-refractivity contribution in [3.8, 4) is 5.75 Å². The SMILES string of the molecule is CCOCC(C)Oc1ccc(/C(N)=N/O)cc1Br. The minimum atomic E-state index is -0.0454. The summed E-state index contributed by atoms with van der Waals surface area (Å²) >= 11 is 3.38. The molecule has 0 aliphatic heterocycles. The van der Waals surface area contributed by atoms with Crippen LogP contribution in [0.2, 0.25) is 0 Å². The number of rotatable bonds is 6. The Bertz CT molecular complexity index is 424. The lowest BCUT2D eigenvalue weighted by atomic mass is 10.2. The van der Waals surface area contributed by atoms with Gasteiger partial charge in [0.2, 0.25) is 0 Å². The fourth-order valence-electron chi connectivity index (χ4n) is 1.35. The Balaban J connectivity index is 2.74. The van der Waals surface area contributed by atoms with Crippen LogP contribution in [0.25, 0.3) is 0 Å². The van der Waals surface area contributed by atoms with Gasteiger partial charge in [0.15, 0.2) is 5.84 Å². The molecule has 0 bridgehead atoms. The van der Waals surface area contributed by atoms with Crippen molar-refractivity contribution in [2.24, 2.45) is 10.9 Å². The van der Waals surface area contributed by atoms with Gasteiger partial charge in [-0.25, -0.2) is 0 Å². The van der Waals surface area contributed by atoms with E-state index >= 15 is 0 Å². The summed E-state index contributed by atoms with van der Waals surface area (Å²) in [6.45, 7) is 5.07. The summed E-state index contributed by atoms with van der Waals surface area (Å²) in [6, 6.07) is 5.22. The number of oxime groups is 1. The summed E-state index contributed by atoms with van der Waals surface area (Å²) in [6.07, 6.45) is -0.0454. The van der Waals surface area contributed by atoms with Crippen LogP contribution in [0.4, 0.5) is 0 Å². The lowest BCUT2D eigenvalue weighted by molar-refractivity contribution is 0.0653. The summed E-state index contributed by atoms with van der Waals surface area (Å²) in [5.41, 5.74) is 6.12. The molecular weight excluding hydrogens is 300 g/mol. The molecule has 1 rings (SSSR count). The van der Waals surface area contributed by atoms with E-state index in [2.05, 4.69) is 21.1 Å². The van der Waals surface area contributed by atoms with E-state index in [1.807, 2.05) is 13.8 Å². The third-order valence-corrected chi connectivity index (χ3v) is 2.84. The molecule has 0 aliphatic carbocycles. The Morgan fingerprint density at radius 2 is 2.28 bits per heavy atom. The zero-order valence-corrected chi connectivity index (χ0v) is 12.0. The van der Waals surface area contributed by atoms with E-state index in [0.29, 0.717) is 24.5 Å². The van der Waals surface area contributed by atoms with Crippen LogP contribution in [0.1, 0.15) is 19.4 Å². The number of amidine groups is 1. The Morgan fingerprint density at radius 3 is 2.83 bits per heavy atom. The predicted octanol–water partition coefficient (Wildman–Crippen LogP) is 2.35. The third-order valence-electron chi connectivity index (χ3n) is 2.22. The van der Waals surface area contributed by atoms with Crippen molar-refractivity contribution in [1.82, 2.24) is 0 Å². The highest BCUT2D eigenvalue weighted by Crippen LogP contribution is 2.26. The van der Waals surface area contributed by atoms with Crippen LogP contribution in [0.5, 0.6) is 5.75 Å². The first-order valence-corrected chi connectivity index (χ1v) is 6.39. The molecule has 0 radical (unpaired) electrons. The predicted molar refractivity (Wildman–Crippen MR) is 73.2 cm³/mol. The smallest absolute Gasteiger partial charge is 0.170 e. The second kappa shape index (κ2) is 7.23. The highest BCUT2D eigenvalue weighted by molar-refractivity contribution is 9.10. The average Bonchev–Trinajstić information content (AvgIpc) is 2.37. The van der Waals surface area contributed by atoms with Gasteiger partial charge in [-0.2, -0.15) is 0 Å². The van der Waals surface area contributed by atoms with Crippen LogP contribution in [-0.2, 0) is 4.74 Å². The monoisotopic (exact) mass is 316 g/mol. The van der Waals surface area contributed by atoms with E-state index < -0.39 is 0 Å². The summed E-state index contributed by atoms with van der Waals surface area (Å²) in [4.78, 5) is 0. The Hall–Kier alpha value is -1.27. The van der Waals surface area contributed by atoms with E-state index in [1.165, 1.54) is 0 Å². The molecule has 0 spiro atoms. The number of halogens is 1. The van der Waals surface area contributed by atoms with E-state index in [4.69, 9.17) is 20.4 Å². The van der Waals surface area contributed by atoms with E-state index in [9.17, 15) is 0 Å². The normalized spacial score (nSPS) is 13.4. The molecule has 3 N–H and O–H groups in total. The Morgan fingerprint density at radius 1 is 1.56 bits per heavy atom. The van der Waals surface area contributed by atoms with Gasteiger partial charge in [-0.15, -0.1) is 0 Å². The molecule has 0 saturated carbocycles. The van der Waals surface area contributed by atoms with Crippen LogP contribution in [-0.4, -0.2) is 30.4 Å². The van der Waals surface area contributed by atoms with Crippen LogP contribution in [0.3, 0.4) is 0 Å². The maximum absolute atomic E-state index is 8.59. The first kappa shape index (κ1) is 14.8. The second-order valence-electron chi connectivity index (χ2n) is 3.72. The van der Waals surface area contributed by atoms with Crippen LogP contribution < -0.4 is 10.5 Å². The molecule has 0 aromatic heterocycles. The van der Waals surface area contributed by atoms with Crippen molar-refractivity contribution < 1.29 is 14.7 Å². The molecule has 0 amide bonds. The van der Waals surface area contributed by atoms with E-state index in [0.717, 1.165) is 4.47 Å². The highest BCUT2D eigenvalue weighted by Gasteiger charge is 2.09. The summed E-state index contributed by atoms with van der Waals surface area (Å²) in [5.74, 6) is 0.751. The number of nitrogens with zero attached hydrogens (tertiary/aromatic N) is 1. The van der Waals surface area contributed by atoms with Crippen LogP contribution in [0, 0.1) is 0 Å². The number of nitrogens with two attached hydrogens (primary N) is 1. The van der Waals surface area contributed by atoms with E-state index in [-0.39, 0.29) is 11.9 Å². The van der Waals surface area contributed by atoms with Gasteiger partial charge in [0.25, 0.3) is 0 Å².